The minimum absolute atomic E-state index is 0.0467. The van der Waals surface area contributed by atoms with Crippen molar-refractivity contribution in [2.75, 3.05) is 20.1 Å². The zero-order chi connectivity index (χ0) is 17.7. The second-order valence-corrected chi connectivity index (χ2v) is 6.59. The Morgan fingerprint density at radius 3 is 2.75 bits per heavy atom. The Kier molecular flexibility index (Phi) is 5.95. The van der Waals surface area contributed by atoms with E-state index in [1.807, 2.05) is 6.07 Å². The van der Waals surface area contributed by atoms with Gasteiger partial charge in [0, 0.05) is 38.7 Å². The van der Waals surface area contributed by atoms with E-state index in [2.05, 4.69) is 24.5 Å². The quantitative estimate of drug-likeness (QED) is 0.821. The van der Waals surface area contributed by atoms with Crippen molar-refractivity contribution in [2.45, 2.75) is 26.8 Å². The molecule has 1 fully saturated rings. The fourth-order valence-electron chi connectivity index (χ4n) is 2.87. The van der Waals surface area contributed by atoms with Gasteiger partial charge < -0.3 is 15.5 Å². The van der Waals surface area contributed by atoms with Gasteiger partial charge in [-0.3, -0.25) is 14.4 Å². The van der Waals surface area contributed by atoms with Crippen LogP contribution in [0.15, 0.2) is 24.3 Å². The van der Waals surface area contributed by atoms with Gasteiger partial charge in [0.15, 0.2) is 0 Å². The first-order chi connectivity index (χ1) is 11.4. The molecule has 1 aliphatic heterocycles. The molecule has 0 saturated carbocycles. The molecule has 1 aliphatic rings. The molecule has 0 radical (unpaired) electrons. The number of likely N-dealkylation sites (tertiary alicyclic amines) is 1. The van der Waals surface area contributed by atoms with Crippen LogP contribution in [0.3, 0.4) is 0 Å². The van der Waals surface area contributed by atoms with Gasteiger partial charge >= 0.3 is 0 Å². The zero-order valence-electron chi connectivity index (χ0n) is 14.5. The lowest BCUT2D eigenvalue weighted by Crippen LogP contribution is -2.33. The Bertz CT molecular complexity index is 628. The predicted molar refractivity (Wildman–Crippen MR) is 91.2 cm³/mol. The summed E-state index contributed by atoms with van der Waals surface area (Å²) in [5.41, 5.74) is 1.41. The van der Waals surface area contributed by atoms with Crippen molar-refractivity contribution in [1.29, 1.82) is 0 Å². The number of benzene rings is 1. The number of hydrogen-bond donors (Lipinski definition) is 2. The predicted octanol–water partition coefficient (Wildman–Crippen LogP) is 1.17. The summed E-state index contributed by atoms with van der Waals surface area (Å²) >= 11 is 0. The highest BCUT2D eigenvalue weighted by molar-refractivity contribution is 5.94. The highest BCUT2D eigenvalue weighted by atomic mass is 16.2. The minimum Gasteiger partial charge on any atom is -0.355 e. The average Bonchev–Trinajstić information content (AvgIpc) is 2.92. The largest absolute Gasteiger partial charge is 0.355 e. The van der Waals surface area contributed by atoms with E-state index in [1.54, 1.807) is 30.1 Å². The number of carbonyl (C=O) groups excluding carboxylic acids is 3. The van der Waals surface area contributed by atoms with Gasteiger partial charge in [0.2, 0.25) is 11.8 Å². The van der Waals surface area contributed by atoms with Crippen molar-refractivity contribution in [3.63, 3.8) is 0 Å². The second-order valence-electron chi connectivity index (χ2n) is 6.59. The molecule has 3 amide bonds. The molecule has 130 valence electrons. The van der Waals surface area contributed by atoms with Gasteiger partial charge in [-0.05, 0) is 23.6 Å². The summed E-state index contributed by atoms with van der Waals surface area (Å²) in [6, 6.07) is 7.13. The molecule has 1 heterocycles. The van der Waals surface area contributed by atoms with E-state index >= 15 is 0 Å². The maximum absolute atomic E-state index is 12.3. The topological polar surface area (TPSA) is 78.5 Å². The summed E-state index contributed by atoms with van der Waals surface area (Å²) in [5, 5.41) is 5.44. The third-order valence-electron chi connectivity index (χ3n) is 4.05. The maximum Gasteiger partial charge on any atom is 0.251 e. The van der Waals surface area contributed by atoms with Crippen molar-refractivity contribution < 1.29 is 14.4 Å². The minimum atomic E-state index is -0.293. The van der Waals surface area contributed by atoms with Crippen LogP contribution in [0.2, 0.25) is 0 Å². The fourth-order valence-corrected chi connectivity index (χ4v) is 2.87. The van der Waals surface area contributed by atoms with Crippen LogP contribution in [0.4, 0.5) is 0 Å². The van der Waals surface area contributed by atoms with Gasteiger partial charge in [-0.1, -0.05) is 26.0 Å². The van der Waals surface area contributed by atoms with E-state index in [0.717, 1.165) is 5.56 Å². The Hall–Kier alpha value is -2.37. The molecule has 24 heavy (non-hydrogen) atoms. The summed E-state index contributed by atoms with van der Waals surface area (Å²) in [6.45, 7) is 5.64. The Balaban J connectivity index is 1.90. The van der Waals surface area contributed by atoms with Gasteiger partial charge in [0.1, 0.15) is 0 Å². The number of hydrogen-bond acceptors (Lipinski definition) is 3. The fraction of sp³-hybridized carbons (Fsp3) is 0.500. The van der Waals surface area contributed by atoms with E-state index in [0.29, 0.717) is 31.1 Å². The molecule has 6 nitrogen and oxygen atoms in total. The van der Waals surface area contributed by atoms with Gasteiger partial charge in [-0.25, -0.2) is 0 Å². The lowest BCUT2D eigenvalue weighted by Gasteiger charge is -2.18. The van der Waals surface area contributed by atoms with Gasteiger partial charge in [-0.15, -0.1) is 0 Å². The van der Waals surface area contributed by atoms with Crippen molar-refractivity contribution in [3.05, 3.63) is 35.4 Å². The SMILES string of the molecule is CNC(=O)c1cccc(CNC(=O)C2CC(=O)N(CC(C)C)C2)c1. The highest BCUT2D eigenvalue weighted by Gasteiger charge is 2.34. The molecule has 6 heteroatoms. The highest BCUT2D eigenvalue weighted by Crippen LogP contribution is 2.19. The molecule has 2 rings (SSSR count). The van der Waals surface area contributed by atoms with Crippen LogP contribution in [-0.2, 0) is 16.1 Å². The first-order valence-electron chi connectivity index (χ1n) is 8.27. The van der Waals surface area contributed by atoms with Crippen LogP contribution in [0.25, 0.3) is 0 Å². The van der Waals surface area contributed by atoms with Crippen LogP contribution in [0.1, 0.15) is 36.2 Å². The molecule has 1 atom stereocenters. The molecule has 1 aromatic carbocycles. The van der Waals surface area contributed by atoms with E-state index in [-0.39, 0.29) is 30.1 Å². The van der Waals surface area contributed by atoms with Crippen LogP contribution >= 0.6 is 0 Å². The van der Waals surface area contributed by atoms with Crippen molar-refractivity contribution in [3.8, 4) is 0 Å². The van der Waals surface area contributed by atoms with Crippen molar-refractivity contribution >= 4 is 17.7 Å². The summed E-state index contributed by atoms with van der Waals surface area (Å²) in [5.74, 6) is -0.124. The Morgan fingerprint density at radius 1 is 1.33 bits per heavy atom. The summed E-state index contributed by atoms with van der Waals surface area (Å²) < 4.78 is 0. The van der Waals surface area contributed by atoms with E-state index in [9.17, 15) is 14.4 Å². The molecule has 0 aliphatic carbocycles. The summed E-state index contributed by atoms with van der Waals surface area (Å²) in [4.78, 5) is 37.7. The summed E-state index contributed by atoms with van der Waals surface area (Å²) in [6.07, 6.45) is 0.275. The molecular weight excluding hydrogens is 306 g/mol. The van der Waals surface area contributed by atoms with Crippen LogP contribution in [0.5, 0.6) is 0 Å². The Morgan fingerprint density at radius 2 is 2.08 bits per heavy atom. The number of amides is 3. The molecule has 2 N–H and O–H groups in total. The first kappa shape index (κ1) is 18.0. The van der Waals surface area contributed by atoms with Crippen LogP contribution in [-0.4, -0.2) is 42.8 Å². The van der Waals surface area contributed by atoms with Crippen molar-refractivity contribution in [1.82, 2.24) is 15.5 Å². The van der Waals surface area contributed by atoms with E-state index in [4.69, 9.17) is 0 Å². The molecule has 0 aromatic heterocycles. The van der Waals surface area contributed by atoms with E-state index in [1.165, 1.54) is 0 Å². The third kappa shape index (κ3) is 4.57. The number of nitrogens with one attached hydrogen (secondary N) is 2. The number of carbonyl (C=O) groups is 3. The first-order valence-corrected chi connectivity index (χ1v) is 8.27. The normalized spacial score (nSPS) is 17.2. The lowest BCUT2D eigenvalue weighted by molar-refractivity contribution is -0.129. The molecule has 1 aromatic rings. The zero-order valence-corrected chi connectivity index (χ0v) is 14.5. The molecule has 1 unspecified atom stereocenters. The molecular formula is C18H25N3O3. The Labute approximate surface area is 142 Å². The smallest absolute Gasteiger partial charge is 0.251 e. The van der Waals surface area contributed by atoms with Crippen LogP contribution < -0.4 is 10.6 Å². The van der Waals surface area contributed by atoms with E-state index < -0.39 is 0 Å². The maximum atomic E-state index is 12.3. The number of rotatable bonds is 6. The monoisotopic (exact) mass is 331 g/mol. The average molecular weight is 331 g/mol. The molecule has 0 spiro atoms. The molecule has 1 saturated heterocycles. The van der Waals surface area contributed by atoms with Gasteiger partial charge in [0.25, 0.3) is 5.91 Å². The number of nitrogens with zero attached hydrogens (tertiary/aromatic N) is 1. The summed E-state index contributed by atoms with van der Waals surface area (Å²) in [7, 11) is 1.58. The molecule has 0 bridgehead atoms. The van der Waals surface area contributed by atoms with Gasteiger partial charge in [-0.2, -0.15) is 0 Å². The van der Waals surface area contributed by atoms with Gasteiger partial charge in [0.05, 0.1) is 5.92 Å². The van der Waals surface area contributed by atoms with Crippen molar-refractivity contribution in [2.24, 2.45) is 11.8 Å². The van der Waals surface area contributed by atoms with Crippen LogP contribution in [0, 0.1) is 11.8 Å². The standard InChI is InChI=1S/C18H25N3O3/c1-12(2)10-21-11-15(8-16(21)22)18(24)20-9-13-5-4-6-14(7-13)17(23)19-3/h4-7,12,15H,8-11H2,1-3H3,(H,19,23)(H,20,24). The second kappa shape index (κ2) is 7.95. The lowest BCUT2D eigenvalue weighted by atomic mass is 10.1. The third-order valence-corrected chi connectivity index (χ3v) is 4.05.